The van der Waals surface area contributed by atoms with E-state index in [0.29, 0.717) is 17.1 Å². The van der Waals surface area contributed by atoms with Crippen molar-refractivity contribution in [3.05, 3.63) is 71.8 Å². The first-order valence-corrected chi connectivity index (χ1v) is 9.20. The van der Waals surface area contributed by atoms with Crippen LogP contribution in [0.5, 0.6) is 11.5 Å². The molecule has 138 valence electrons. The van der Waals surface area contributed by atoms with Gasteiger partial charge in [-0.05, 0) is 56.0 Å². The topological polar surface area (TPSA) is 71.1 Å². The van der Waals surface area contributed by atoms with Gasteiger partial charge in [-0.1, -0.05) is 6.07 Å². The number of hydrogen-bond acceptors (Lipinski definition) is 4. The molecule has 1 fully saturated rings. The van der Waals surface area contributed by atoms with Gasteiger partial charge in [-0.25, -0.2) is 0 Å². The Morgan fingerprint density at radius 3 is 2.85 bits per heavy atom. The monoisotopic (exact) mass is 362 g/mol. The zero-order valence-corrected chi connectivity index (χ0v) is 15.3. The van der Waals surface area contributed by atoms with Crippen LogP contribution in [0.1, 0.15) is 46.8 Å². The van der Waals surface area contributed by atoms with Crippen LogP contribution >= 0.6 is 0 Å². The number of nitrogens with one attached hydrogen (secondary N) is 1. The highest BCUT2D eigenvalue weighted by Crippen LogP contribution is 2.33. The zero-order valence-electron chi connectivity index (χ0n) is 15.3. The summed E-state index contributed by atoms with van der Waals surface area (Å²) < 4.78 is 5.96. The number of piperidine rings is 1. The molecule has 0 saturated carbocycles. The Bertz CT molecular complexity index is 909. The lowest BCUT2D eigenvalue weighted by Gasteiger charge is -2.35. The van der Waals surface area contributed by atoms with E-state index in [4.69, 9.17) is 4.74 Å². The van der Waals surface area contributed by atoms with Gasteiger partial charge in [0.15, 0.2) is 0 Å². The lowest BCUT2D eigenvalue weighted by Crippen LogP contribution is -2.38. The summed E-state index contributed by atoms with van der Waals surface area (Å²) in [5.41, 5.74) is 2.68. The van der Waals surface area contributed by atoms with Crippen LogP contribution in [0.25, 0.3) is 0 Å². The molecule has 4 rings (SSSR count). The lowest BCUT2D eigenvalue weighted by atomic mass is 9.96. The second-order valence-corrected chi connectivity index (χ2v) is 6.81. The fraction of sp³-hybridized carbons (Fsp3) is 0.286. The number of pyridine rings is 1. The first kappa shape index (κ1) is 17.3. The Morgan fingerprint density at radius 2 is 2.07 bits per heavy atom. The van der Waals surface area contributed by atoms with Crippen molar-refractivity contribution in [1.29, 1.82) is 0 Å². The van der Waals surface area contributed by atoms with Crippen LogP contribution in [0.2, 0.25) is 0 Å². The largest absolute Gasteiger partial charge is 0.457 e. The highest BCUT2D eigenvalue weighted by molar-refractivity contribution is 5.95. The van der Waals surface area contributed by atoms with E-state index in [9.17, 15) is 4.79 Å². The van der Waals surface area contributed by atoms with Gasteiger partial charge in [-0.2, -0.15) is 5.10 Å². The molecule has 27 heavy (non-hydrogen) atoms. The van der Waals surface area contributed by atoms with Gasteiger partial charge in [-0.3, -0.25) is 14.9 Å². The predicted octanol–water partition coefficient (Wildman–Crippen LogP) is 4.27. The molecule has 1 unspecified atom stereocenters. The molecule has 1 aromatic carbocycles. The molecule has 1 N–H and O–H groups in total. The standard InChI is InChI=1S/C21H22N4O2/c1-15-5-6-16(12-20(15)27-18-7-9-22-10-8-18)21(26)25-11-3-2-4-19(25)17-13-23-24-14-17/h5-10,12-14,19H,2-4,11H2,1H3,(H,23,24). The van der Waals surface area contributed by atoms with Gasteiger partial charge < -0.3 is 9.64 Å². The van der Waals surface area contributed by atoms with Gasteiger partial charge in [-0.15, -0.1) is 0 Å². The van der Waals surface area contributed by atoms with E-state index in [1.807, 2.05) is 42.4 Å². The number of hydrogen-bond donors (Lipinski definition) is 1. The number of carbonyl (C=O) groups is 1. The molecular weight excluding hydrogens is 340 g/mol. The van der Waals surface area contributed by atoms with E-state index in [1.54, 1.807) is 24.5 Å². The highest BCUT2D eigenvalue weighted by Gasteiger charge is 2.29. The van der Waals surface area contributed by atoms with Gasteiger partial charge in [0.2, 0.25) is 0 Å². The summed E-state index contributed by atoms with van der Waals surface area (Å²) in [6, 6.07) is 9.30. The molecule has 0 spiro atoms. The average molecular weight is 362 g/mol. The molecule has 3 heterocycles. The summed E-state index contributed by atoms with van der Waals surface area (Å²) >= 11 is 0. The van der Waals surface area contributed by atoms with E-state index in [2.05, 4.69) is 15.2 Å². The van der Waals surface area contributed by atoms with E-state index in [1.165, 1.54) is 0 Å². The van der Waals surface area contributed by atoms with Crippen LogP contribution in [-0.2, 0) is 0 Å². The minimum atomic E-state index is 0.0282. The maximum atomic E-state index is 13.3. The van der Waals surface area contributed by atoms with Gasteiger partial charge in [0.05, 0.1) is 12.2 Å². The van der Waals surface area contributed by atoms with Crippen molar-refractivity contribution in [3.63, 3.8) is 0 Å². The molecule has 6 nitrogen and oxygen atoms in total. The number of nitrogens with zero attached hydrogens (tertiary/aromatic N) is 3. The maximum Gasteiger partial charge on any atom is 0.254 e. The molecule has 1 saturated heterocycles. The summed E-state index contributed by atoms with van der Waals surface area (Å²) in [4.78, 5) is 19.2. The summed E-state index contributed by atoms with van der Waals surface area (Å²) in [6.45, 7) is 2.73. The van der Waals surface area contributed by atoms with E-state index in [0.717, 1.165) is 36.9 Å². The zero-order chi connectivity index (χ0) is 18.6. The molecule has 2 aromatic heterocycles. The van der Waals surface area contributed by atoms with Crippen molar-refractivity contribution in [2.45, 2.75) is 32.2 Å². The summed E-state index contributed by atoms with van der Waals surface area (Å²) in [5.74, 6) is 1.41. The Kier molecular flexibility index (Phi) is 4.87. The van der Waals surface area contributed by atoms with Crippen molar-refractivity contribution in [2.75, 3.05) is 6.54 Å². The van der Waals surface area contributed by atoms with Crippen molar-refractivity contribution < 1.29 is 9.53 Å². The van der Waals surface area contributed by atoms with Gasteiger partial charge in [0, 0.05) is 36.3 Å². The van der Waals surface area contributed by atoms with Crippen LogP contribution < -0.4 is 4.74 Å². The van der Waals surface area contributed by atoms with Crippen LogP contribution in [0.15, 0.2) is 55.1 Å². The fourth-order valence-corrected chi connectivity index (χ4v) is 3.51. The number of H-pyrrole nitrogens is 1. The third-order valence-electron chi connectivity index (χ3n) is 4.98. The minimum absolute atomic E-state index is 0.0282. The van der Waals surface area contributed by atoms with Gasteiger partial charge in [0.25, 0.3) is 5.91 Å². The van der Waals surface area contributed by atoms with Crippen LogP contribution in [0.4, 0.5) is 0 Å². The molecule has 6 heteroatoms. The number of benzene rings is 1. The van der Waals surface area contributed by atoms with E-state index >= 15 is 0 Å². The minimum Gasteiger partial charge on any atom is -0.457 e. The summed E-state index contributed by atoms with van der Waals surface area (Å²) in [5, 5.41) is 6.91. The van der Waals surface area contributed by atoms with E-state index in [-0.39, 0.29) is 11.9 Å². The number of ether oxygens (including phenoxy) is 1. The van der Waals surface area contributed by atoms with Crippen LogP contribution in [0.3, 0.4) is 0 Å². The normalized spacial score (nSPS) is 16.9. The Labute approximate surface area is 158 Å². The number of amides is 1. The number of rotatable bonds is 4. The first-order chi connectivity index (χ1) is 13.2. The molecule has 0 radical (unpaired) electrons. The summed E-state index contributed by atoms with van der Waals surface area (Å²) in [6.07, 6.45) is 10.1. The quantitative estimate of drug-likeness (QED) is 0.752. The van der Waals surface area contributed by atoms with Crippen LogP contribution in [0, 0.1) is 6.92 Å². The Balaban J connectivity index is 1.60. The van der Waals surface area contributed by atoms with Crippen molar-refractivity contribution >= 4 is 5.91 Å². The number of likely N-dealkylation sites (tertiary alicyclic amines) is 1. The first-order valence-electron chi connectivity index (χ1n) is 9.20. The smallest absolute Gasteiger partial charge is 0.254 e. The highest BCUT2D eigenvalue weighted by atomic mass is 16.5. The maximum absolute atomic E-state index is 13.3. The Morgan fingerprint density at radius 1 is 1.22 bits per heavy atom. The molecule has 1 atom stereocenters. The molecule has 1 aliphatic heterocycles. The third kappa shape index (κ3) is 3.69. The second-order valence-electron chi connectivity index (χ2n) is 6.81. The van der Waals surface area contributed by atoms with Crippen molar-refractivity contribution in [2.24, 2.45) is 0 Å². The van der Waals surface area contributed by atoms with E-state index < -0.39 is 0 Å². The molecule has 3 aromatic rings. The predicted molar refractivity (Wildman–Crippen MR) is 102 cm³/mol. The fourth-order valence-electron chi connectivity index (χ4n) is 3.51. The molecular formula is C21H22N4O2. The molecule has 1 aliphatic rings. The number of carbonyl (C=O) groups excluding carboxylic acids is 1. The van der Waals surface area contributed by atoms with Crippen LogP contribution in [-0.4, -0.2) is 32.5 Å². The van der Waals surface area contributed by atoms with Gasteiger partial charge in [0.1, 0.15) is 11.5 Å². The Hall–Kier alpha value is -3.15. The van der Waals surface area contributed by atoms with Crippen molar-refractivity contribution in [3.8, 4) is 11.5 Å². The number of aromatic amines is 1. The SMILES string of the molecule is Cc1ccc(C(=O)N2CCCCC2c2cn[nH]c2)cc1Oc1ccncc1. The number of aryl methyl sites for hydroxylation is 1. The lowest BCUT2D eigenvalue weighted by molar-refractivity contribution is 0.0611. The molecule has 0 aliphatic carbocycles. The average Bonchev–Trinajstić information content (AvgIpc) is 3.25. The molecule has 0 bridgehead atoms. The third-order valence-corrected chi connectivity index (χ3v) is 4.98. The van der Waals surface area contributed by atoms with Gasteiger partial charge >= 0.3 is 0 Å². The van der Waals surface area contributed by atoms with Crippen molar-refractivity contribution in [1.82, 2.24) is 20.1 Å². The molecule has 1 amide bonds. The second kappa shape index (κ2) is 7.61. The number of aromatic nitrogens is 3. The summed E-state index contributed by atoms with van der Waals surface area (Å²) in [7, 11) is 0.